The third-order valence-corrected chi connectivity index (χ3v) is 5.73. The lowest BCUT2D eigenvalue weighted by Gasteiger charge is -2.27. The molecule has 0 amide bonds. The van der Waals surface area contributed by atoms with Gasteiger partial charge in [0.15, 0.2) is 11.5 Å². The Morgan fingerprint density at radius 2 is 1.64 bits per heavy atom. The average Bonchev–Trinajstić information content (AvgIpc) is 2.99. The molecule has 5 rings (SSSR count). The zero-order chi connectivity index (χ0) is 26.9. The van der Waals surface area contributed by atoms with E-state index in [1.54, 1.807) is 48.7 Å². The minimum atomic E-state index is -0.470. The molecule has 2 N–H and O–H groups in total. The standard InChI is InChI=1S/C28H27N7O4/c1-37-24-18-20(12-13-23(24)39-25(36)21-8-4-2-5-9-21)19-29-34-27-31-26(30-22-10-6-3-7-11-22)32-28(33-27)35-14-16-38-17-15-35/h2-13,18-19H,14-17H2,1H3,(H2,30,31,32,33,34). The van der Waals surface area contributed by atoms with E-state index in [2.05, 4.69) is 30.8 Å². The monoisotopic (exact) mass is 525 g/mol. The smallest absolute Gasteiger partial charge is 0.343 e. The summed E-state index contributed by atoms with van der Waals surface area (Å²) in [6, 6.07) is 23.5. The van der Waals surface area contributed by atoms with E-state index in [-0.39, 0.29) is 5.95 Å². The lowest BCUT2D eigenvalue weighted by molar-refractivity contribution is 0.0729. The second-order valence-electron chi connectivity index (χ2n) is 8.41. The quantitative estimate of drug-likeness (QED) is 0.143. The summed E-state index contributed by atoms with van der Waals surface area (Å²) in [5.41, 5.74) is 4.90. The van der Waals surface area contributed by atoms with Crippen molar-refractivity contribution >= 4 is 35.7 Å². The van der Waals surface area contributed by atoms with Gasteiger partial charge in [0.1, 0.15) is 0 Å². The van der Waals surface area contributed by atoms with Gasteiger partial charge >= 0.3 is 5.97 Å². The van der Waals surface area contributed by atoms with Crippen LogP contribution in [0, 0.1) is 0 Å². The molecule has 1 aromatic heterocycles. The van der Waals surface area contributed by atoms with Gasteiger partial charge in [0.25, 0.3) is 0 Å². The largest absolute Gasteiger partial charge is 0.493 e. The second-order valence-corrected chi connectivity index (χ2v) is 8.41. The molecule has 2 heterocycles. The van der Waals surface area contributed by atoms with Gasteiger partial charge in [-0.15, -0.1) is 0 Å². The zero-order valence-corrected chi connectivity index (χ0v) is 21.3. The number of benzene rings is 3. The number of aromatic nitrogens is 3. The fraction of sp³-hybridized carbons (Fsp3) is 0.179. The van der Waals surface area contributed by atoms with Crippen LogP contribution in [0.5, 0.6) is 11.5 Å². The molecule has 0 unspecified atom stereocenters. The van der Waals surface area contributed by atoms with Gasteiger partial charge in [-0.05, 0) is 48.0 Å². The molecule has 0 saturated carbocycles. The molecule has 3 aromatic carbocycles. The molecular weight excluding hydrogens is 498 g/mol. The number of hydrazone groups is 1. The topological polar surface area (TPSA) is 123 Å². The summed E-state index contributed by atoms with van der Waals surface area (Å²) in [4.78, 5) is 28.1. The number of carbonyl (C=O) groups is 1. The van der Waals surface area contributed by atoms with Crippen LogP contribution in [0.4, 0.5) is 23.5 Å². The molecule has 11 heteroatoms. The van der Waals surface area contributed by atoms with Gasteiger partial charge in [0.2, 0.25) is 17.8 Å². The van der Waals surface area contributed by atoms with Crippen molar-refractivity contribution in [1.82, 2.24) is 15.0 Å². The van der Waals surface area contributed by atoms with Crippen molar-refractivity contribution in [2.45, 2.75) is 0 Å². The highest BCUT2D eigenvalue weighted by Crippen LogP contribution is 2.28. The van der Waals surface area contributed by atoms with Gasteiger partial charge in [-0.3, -0.25) is 0 Å². The first-order valence-corrected chi connectivity index (χ1v) is 12.3. The maximum absolute atomic E-state index is 12.4. The normalized spacial score (nSPS) is 13.2. The third-order valence-electron chi connectivity index (χ3n) is 5.73. The molecule has 0 aliphatic carbocycles. The summed E-state index contributed by atoms with van der Waals surface area (Å²) in [5, 5.41) is 7.51. The maximum atomic E-state index is 12.4. The first-order valence-electron chi connectivity index (χ1n) is 12.3. The molecule has 39 heavy (non-hydrogen) atoms. The average molecular weight is 526 g/mol. The third kappa shape index (κ3) is 6.84. The lowest BCUT2D eigenvalue weighted by atomic mass is 10.2. The number of rotatable bonds is 9. The second kappa shape index (κ2) is 12.5. The summed E-state index contributed by atoms with van der Waals surface area (Å²) in [6.07, 6.45) is 1.59. The van der Waals surface area contributed by atoms with Crippen molar-refractivity contribution in [2.75, 3.05) is 49.1 Å². The zero-order valence-electron chi connectivity index (χ0n) is 21.3. The number of esters is 1. The summed E-state index contributed by atoms with van der Waals surface area (Å²) in [6.45, 7) is 2.57. The van der Waals surface area contributed by atoms with Crippen LogP contribution in [0.2, 0.25) is 0 Å². The van der Waals surface area contributed by atoms with Gasteiger partial charge in [-0.25, -0.2) is 10.2 Å². The number of ether oxygens (including phenoxy) is 3. The Labute approximate surface area is 225 Å². The van der Waals surface area contributed by atoms with Crippen LogP contribution in [0.3, 0.4) is 0 Å². The fourth-order valence-corrected chi connectivity index (χ4v) is 3.77. The van der Waals surface area contributed by atoms with Crippen LogP contribution < -0.4 is 25.1 Å². The predicted molar refractivity (Wildman–Crippen MR) is 148 cm³/mol. The van der Waals surface area contributed by atoms with Crippen molar-refractivity contribution in [2.24, 2.45) is 5.10 Å². The highest BCUT2D eigenvalue weighted by molar-refractivity contribution is 5.91. The number of para-hydroxylation sites is 1. The molecule has 4 aromatic rings. The van der Waals surface area contributed by atoms with E-state index < -0.39 is 5.97 Å². The Balaban J connectivity index is 1.31. The van der Waals surface area contributed by atoms with Crippen LogP contribution in [0.1, 0.15) is 15.9 Å². The van der Waals surface area contributed by atoms with E-state index in [1.165, 1.54) is 7.11 Å². The Bertz CT molecular complexity index is 1430. The number of carbonyl (C=O) groups excluding carboxylic acids is 1. The molecule has 198 valence electrons. The summed E-state index contributed by atoms with van der Waals surface area (Å²) in [7, 11) is 1.51. The molecule has 11 nitrogen and oxygen atoms in total. The van der Waals surface area contributed by atoms with Crippen LogP contribution in [-0.4, -0.2) is 60.5 Å². The first kappa shape index (κ1) is 25.6. The summed E-state index contributed by atoms with van der Waals surface area (Å²) >= 11 is 0. The number of morpholine rings is 1. The number of nitrogens with one attached hydrogen (secondary N) is 2. The SMILES string of the molecule is COc1cc(C=NNc2nc(Nc3ccccc3)nc(N3CCOCC3)n2)ccc1OC(=O)c1ccccc1. The van der Waals surface area contributed by atoms with E-state index in [1.807, 2.05) is 41.3 Å². The van der Waals surface area contributed by atoms with Crippen LogP contribution in [-0.2, 0) is 4.74 Å². The van der Waals surface area contributed by atoms with E-state index in [0.717, 1.165) is 5.69 Å². The van der Waals surface area contributed by atoms with Gasteiger partial charge in [-0.1, -0.05) is 36.4 Å². The minimum absolute atomic E-state index is 0.279. The molecule has 0 bridgehead atoms. The van der Waals surface area contributed by atoms with Crippen molar-refractivity contribution in [1.29, 1.82) is 0 Å². The first-order chi connectivity index (χ1) is 19.2. The van der Waals surface area contributed by atoms with E-state index in [0.29, 0.717) is 60.8 Å². The molecule has 1 aliphatic rings. The number of anilines is 4. The molecule has 0 radical (unpaired) electrons. The Kier molecular flexibility index (Phi) is 8.19. The molecule has 1 fully saturated rings. The maximum Gasteiger partial charge on any atom is 0.343 e. The molecular formula is C28H27N7O4. The van der Waals surface area contributed by atoms with Gasteiger partial charge < -0.3 is 24.4 Å². The number of hydrogen-bond acceptors (Lipinski definition) is 11. The van der Waals surface area contributed by atoms with Crippen molar-refractivity contribution in [3.05, 3.63) is 90.0 Å². The highest BCUT2D eigenvalue weighted by Gasteiger charge is 2.17. The highest BCUT2D eigenvalue weighted by atomic mass is 16.6. The number of hydrogen-bond donors (Lipinski definition) is 2. The van der Waals surface area contributed by atoms with Crippen molar-refractivity contribution in [3.8, 4) is 11.5 Å². The van der Waals surface area contributed by atoms with E-state index in [4.69, 9.17) is 14.2 Å². The Hall–Kier alpha value is -5.03. The number of nitrogens with zero attached hydrogens (tertiary/aromatic N) is 5. The molecule has 0 spiro atoms. The number of methoxy groups -OCH3 is 1. The van der Waals surface area contributed by atoms with Crippen LogP contribution in [0.25, 0.3) is 0 Å². The predicted octanol–water partition coefficient (Wildman–Crippen LogP) is 4.13. The van der Waals surface area contributed by atoms with Gasteiger partial charge in [0, 0.05) is 18.8 Å². The van der Waals surface area contributed by atoms with Crippen molar-refractivity contribution in [3.63, 3.8) is 0 Å². The molecule has 0 atom stereocenters. The summed E-state index contributed by atoms with van der Waals surface area (Å²) < 4.78 is 16.4. The Morgan fingerprint density at radius 3 is 2.38 bits per heavy atom. The molecule has 1 saturated heterocycles. The van der Waals surface area contributed by atoms with E-state index >= 15 is 0 Å². The molecule has 1 aliphatic heterocycles. The lowest BCUT2D eigenvalue weighted by Crippen LogP contribution is -2.37. The minimum Gasteiger partial charge on any atom is -0.493 e. The van der Waals surface area contributed by atoms with Crippen LogP contribution >= 0.6 is 0 Å². The van der Waals surface area contributed by atoms with Gasteiger partial charge in [-0.2, -0.15) is 20.1 Å². The Morgan fingerprint density at radius 1 is 0.923 bits per heavy atom. The fourth-order valence-electron chi connectivity index (χ4n) is 3.77. The van der Waals surface area contributed by atoms with Crippen molar-refractivity contribution < 1.29 is 19.0 Å². The van der Waals surface area contributed by atoms with E-state index in [9.17, 15) is 4.79 Å². The van der Waals surface area contributed by atoms with Crippen LogP contribution in [0.15, 0.2) is 84.0 Å². The summed E-state index contributed by atoms with van der Waals surface area (Å²) in [5.74, 6) is 1.43. The van der Waals surface area contributed by atoms with Gasteiger partial charge in [0.05, 0.1) is 32.1 Å².